The first-order valence-electron chi connectivity index (χ1n) is 7.61. The second-order valence-corrected chi connectivity index (χ2v) is 7.19. The van der Waals surface area contributed by atoms with E-state index in [1.807, 2.05) is 6.92 Å². The summed E-state index contributed by atoms with van der Waals surface area (Å²) >= 11 is 0. The fourth-order valence-electron chi connectivity index (χ4n) is 2.86. The summed E-state index contributed by atoms with van der Waals surface area (Å²) in [6.07, 6.45) is 3.51. The van der Waals surface area contributed by atoms with Crippen LogP contribution in [0.15, 0.2) is 18.2 Å². The van der Waals surface area contributed by atoms with Crippen molar-refractivity contribution in [3.8, 4) is 0 Å². The molecule has 1 fully saturated rings. The Labute approximate surface area is 125 Å². The van der Waals surface area contributed by atoms with E-state index in [4.69, 9.17) is 0 Å². The molecule has 0 amide bonds. The molecule has 0 bridgehead atoms. The Morgan fingerprint density at radius 1 is 1.10 bits per heavy atom. The molecule has 1 aromatic rings. The van der Waals surface area contributed by atoms with Gasteiger partial charge in [0.15, 0.2) is 0 Å². The van der Waals surface area contributed by atoms with Crippen molar-refractivity contribution < 1.29 is 13.9 Å². The number of hydrogen-bond donors (Lipinski definition) is 2. The summed E-state index contributed by atoms with van der Waals surface area (Å²) in [6.45, 7) is 6.74. The Hall–Kier alpha value is -1.00. The molecule has 0 aliphatic heterocycles. The van der Waals surface area contributed by atoms with E-state index in [0.717, 1.165) is 31.7 Å². The normalized spacial score (nSPS) is 22.0. The molecule has 1 atom stereocenters. The summed E-state index contributed by atoms with van der Waals surface area (Å²) in [5.74, 6) is -1.14. The largest absolute Gasteiger partial charge is 0.389 e. The molecule has 21 heavy (non-hydrogen) atoms. The molecule has 1 saturated carbocycles. The maximum absolute atomic E-state index is 13.2. The molecular weight excluding hydrogens is 272 g/mol. The van der Waals surface area contributed by atoms with E-state index in [1.165, 1.54) is 12.1 Å². The van der Waals surface area contributed by atoms with Gasteiger partial charge in [-0.1, -0.05) is 13.8 Å². The van der Waals surface area contributed by atoms with Crippen LogP contribution in [0.3, 0.4) is 0 Å². The maximum atomic E-state index is 13.2. The third-order valence-electron chi connectivity index (χ3n) is 4.66. The van der Waals surface area contributed by atoms with Crippen molar-refractivity contribution >= 4 is 0 Å². The van der Waals surface area contributed by atoms with Crippen LogP contribution >= 0.6 is 0 Å². The summed E-state index contributed by atoms with van der Waals surface area (Å²) in [5, 5.41) is 13.8. The number of aliphatic hydroxyl groups is 1. The van der Waals surface area contributed by atoms with Crippen molar-refractivity contribution in [3.05, 3.63) is 35.4 Å². The monoisotopic (exact) mass is 297 g/mol. The molecule has 1 aromatic carbocycles. The van der Waals surface area contributed by atoms with E-state index in [9.17, 15) is 13.9 Å². The molecule has 0 saturated heterocycles. The third kappa shape index (κ3) is 4.48. The van der Waals surface area contributed by atoms with Crippen molar-refractivity contribution in [2.24, 2.45) is 5.41 Å². The second kappa shape index (κ2) is 6.01. The van der Waals surface area contributed by atoms with Crippen LogP contribution < -0.4 is 5.32 Å². The van der Waals surface area contributed by atoms with Gasteiger partial charge < -0.3 is 10.4 Å². The molecular formula is C17H25F2NO. The van der Waals surface area contributed by atoms with Gasteiger partial charge in [-0.25, -0.2) is 8.78 Å². The highest BCUT2D eigenvalue weighted by Crippen LogP contribution is 2.40. The van der Waals surface area contributed by atoms with Gasteiger partial charge in [-0.15, -0.1) is 0 Å². The highest BCUT2D eigenvalue weighted by atomic mass is 19.1. The van der Waals surface area contributed by atoms with Crippen molar-refractivity contribution in [1.29, 1.82) is 0 Å². The van der Waals surface area contributed by atoms with E-state index in [1.54, 1.807) is 0 Å². The van der Waals surface area contributed by atoms with Gasteiger partial charge in [-0.3, -0.25) is 0 Å². The van der Waals surface area contributed by atoms with Gasteiger partial charge in [0.05, 0.1) is 5.60 Å². The van der Waals surface area contributed by atoms with Gasteiger partial charge >= 0.3 is 0 Å². The van der Waals surface area contributed by atoms with E-state index >= 15 is 0 Å². The predicted molar refractivity (Wildman–Crippen MR) is 80.0 cm³/mol. The maximum Gasteiger partial charge on any atom is 0.126 e. The standard InChI is InChI=1S/C17H25F2NO/c1-12(13-8-14(18)10-15(19)9-13)20-11-17(21)6-4-16(2,3)5-7-17/h8-10,12,20-21H,4-7,11H2,1-3H3. The number of halogens is 2. The topological polar surface area (TPSA) is 32.3 Å². The number of nitrogens with one attached hydrogen (secondary N) is 1. The van der Waals surface area contributed by atoms with Crippen LogP contribution in [0.4, 0.5) is 8.78 Å². The number of hydrogen-bond acceptors (Lipinski definition) is 2. The summed E-state index contributed by atoms with van der Waals surface area (Å²) < 4.78 is 26.5. The van der Waals surface area contributed by atoms with E-state index in [-0.39, 0.29) is 6.04 Å². The molecule has 0 heterocycles. The summed E-state index contributed by atoms with van der Waals surface area (Å²) in [5.41, 5.74) is 0.145. The minimum atomic E-state index is -0.713. The fourth-order valence-corrected chi connectivity index (χ4v) is 2.86. The van der Waals surface area contributed by atoms with E-state index < -0.39 is 17.2 Å². The Morgan fingerprint density at radius 2 is 1.62 bits per heavy atom. The zero-order chi connectivity index (χ0) is 15.7. The smallest absolute Gasteiger partial charge is 0.126 e. The Bertz CT molecular complexity index is 471. The Balaban J connectivity index is 1.93. The highest BCUT2D eigenvalue weighted by Gasteiger charge is 2.36. The lowest BCUT2D eigenvalue weighted by molar-refractivity contribution is -0.0258. The molecule has 2 N–H and O–H groups in total. The lowest BCUT2D eigenvalue weighted by atomic mass is 9.71. The first-order valence-corrected chi connectivity index (χ1v) is 7.61. The van der Waals surface area contributed by atoms with Crippen LogP contribution in [0.25, 0.3) is 0 Å². The summed E-state index contributed by atoms with van der Waals surface area (Å²) in [6, 6.07) is 3.32. The van der Waals surface area contributed by atoms with E-state index in [2.05, 4.69) is 19.2 Å². The highest BCUT2D eigenvalue weighted by molar-refractivity contribution is 5.21. The number of rotatable bonds is 4. The molecule has 0 aromatic heterocycles. The van der Waals surface area contributed by atoms with Gasteiger partial charge in [-0.05, 0) is 55.7 Å². The molecule has 2 nitrogen and oxygen atoms in total. The lowest BCUT2D eigenvalue weighted by Crippen LogP contribution is -2.45. The van der Waals surface area contributed by atoms with Gasteiger partial charge in [0, 0.05) is 18.7 Å². The molecule has 0 spiro atoms. The number of benzene rings is 1. The molecule has 4 heteroatoms. The zero-order valence-electron chi connectivity index (χ0n) is 13.0. The van der Waals surface area contributed by atoms with Crippen LogP contribution in [0, 0.1) is 17.0 Å². The van der Waals surface area contributed by atoms with Crippen LogP contribution in [-0.4, -0.2) is 17.3 Å². The zero-order valence-corrected chi connectivity index (χ0v) is 13.0. The van der Waals surface area contributed by atoms with Gasteiger partial charge in [-0.2, -0.15) is 0 Å². The van der Waals surface area contributed by atoms with Crippen molar-refractivity contribution in [2.45, 2.75) is 58.1 Å². The van der Waals surface area contributed by atoms with E-state index in [0.29, 0.717) is 17.5 Å². The first kappa shape index (κ1) is 16.4. The molecule has 118 valence electrons. The molecule has 1 unspecified atom stereocenters. The van der Waals surface area contributed by atoms with Crippen LogP contribution in [0.1, 0.15) is 58.1 Å². The van der Waals surface area contributed by atoms with Crippen molar-refractivity contribution in [3.63, 3.8) is 0 Å². The van der Waals surface area contributed by atoms with Crippen molar-refractivity contribution in [1.82, 2.24) is 5.32 Å². The average molecular weight is 297 g/mol. The second-order valence-electron chi connectivity index (χ2n) is 7.19. The van der Waals surface area contributed by atoms with Crippen LogP contribution in [0.5, 0.6) is 0 Å². The fraction of sp³-hybridized carbons (Fsp3) is 0.647. The van der Waals surface area contributed by atoms with Gasteiger partial charge in [0.2, 0.25) is 0 Å². The third-order valence-corrected chi connectivity index (χ3v) is 4.66. The lowest BCUT2D eigenvalue weighted by Gasteiger charge is -2.40. The Kier molecular flexibility index (Phi) is 4.69. The average Bonchev–Trinajstić information content (AvgIpc) is 2.39. The van der Waals surface area contributed by atoms with Gasteiger partial charge in [0.1, 0.15) is 11.6 Å². The molecule has 2 rings (SSSR count). The van der Waals surface area contributed by atoms with Crippen LogP contribution in [-0.2, 0) is 0 Å². The first-order chi connectivity index (χ1) is 9.69. The quantitative estimate of drug-likeness (QED) is 0.882. The predicted octanol–water partition coefficient (Wildman–Crippen LogP) is 3.95. The molecule has 1 aliphatic rings. The molecule has 0 radical (unpaired) electrons. The van der Waals surface area contributed by atoms with Crippen molar-refractivity contribution in [2.75, 3.05) is 6.54 Å². The minimum absolute atomic E-state index is 0.200. The summed E-state index contributed by atoms with van der Waals surface area (Å²) in [7, 11) is 0. The summed E-state index contributed by atoms with van der Waals surface area (Å²) in [4.78, 5) is 0. The minimum Gasteiger partial charge on any atom is -0.389 e. The SMILES string of the molecule is CC(NCC1(O)CCC(C)(C)CC1)c1cc(F)cc(F)c1. The molecule has 1 aliphatic carbocycles. The van der Waals surface area contributed by atoms with Gasteiger partial charge in [0.25, 0.3) is 0 Å². The van der Waals surface area contributed by atoms with Crippen LogP contribution in [0.2, 0.25) is 0 Å². The Morgan fingerprint density at radius 3 is 2.14 bits per heavy atom.